The average Bonchev–Trinajstić information content (AvgIpc) is 2.82. The lowest BCUT2D eigenvalue weighted by Gasteiger charge is -2.37. The van der Waals surface area contributed by atoms with Gasteiger partial charge in [-0.2, -0.15) is 26.3 Å². The Labute approximate surface area is 95.6 Å². The molecule has 3 aliphatic rings. The number of rotatable bonds is 0. The molecule has 4 atom stereocenters. The van der Waals surface area contributed by atoms with Gasteiger partial charge >= 0.3 is 17.8 Å². The molecular weight excluding hydrogens is 272 g/mol. The van der Waals surface area contributed by atoms with Gasteiger partial charge in [0, 0.05) is 11.8 Å². The monoisotopic (exact) mass is 278 g/mol. The Morgan fingerprint density at radius 1 is 0.611 bits per heavy atom. The number of fused-ring (bicyclic) bond motifs is 5. The number of alkyl halides is 8. The topological polar surface area (TPSA) is 0 Å². The molecule has 0 aromatic heterocycles. The van der Waals surface area contributed by atoms with Gasteiger partial charge in [-0.05, 0) is 6.42 Å². The third kappa shape index (κ3) is 0.718. The van der Waals surface area contributed by atoms with Gasteiger partial charge in [0.25, 0.3) is 0 Å². The van der Waals surface area contributed by atoms with Gasteiger partial charge in [0.15, 0.2) is 0 Å². The summed E-state index contributed by atoms with van der Waals surface area (Å²) in [6, 6.07) is 0. The van der Waals surface area contributed by atoms with Crippen molar-refractivity contribution in [1.82, 2.24) is 0 Å². The van der Waals surface area contributed by atoms with Crippen LogP contribution in [0, 0.1) is 11.8 Å². The van der Waals surface area contributed by atoms with Crippen LogP contribution in [0.25, 0.3) is 0 Å². The third-order valence-electron chi connectivity index (χ3n) is 4.34. The van der Waals surface area contributed by atoms with Crippen LogP contribution >= 0.6 is 0 Å². The molecule has 0 aromatic carbocycles. The zero-order valence-electron chi connectivity index (χ0n) is 8.54. The molecular formula is C10H6F8. The fourth-order valence-electron chi connectivity index (χ4n) is 3.41. The van der Waals surface area contributed by atoms with Gasteiger partial charge in [0.1, 0.15) is 0 Å². The maximum absolute atomic E-state index is 14.2. The van der Waals surface area contributed by atoms with Crippen molar-refractivity contribution in [3.8, 4) is 0 Å². The van der Waals surface area contributed by atoms with E-state index in [1.807, 2.05) is 0 Å². The average molecular weight is 278 g/mol. The summed E-state index contributed by atoms with van der Waals surface area (Å²) in [6.45, 7) is 0. The second kappa shape index (κ2) is 2.56. The van der Waals surface area contributed by atoms with Crippen LogP contribution in [0.4, 0.5) is 35.1 Å². The van der Waals surface area contributed by atoms with E-state index in [1.54, 1.807) is 0 Å². The molecule has 0 heterocycles. The van der Waals surface area contributed by atoms with Crippen molar-refractivity contribution >= 4 is 0 Å². The first-order chi connectivity index (χ1) is 7.96. The first-order valence-electron chi connectivity index (χ1n) is 5.16. The molecule has 2 saturated carbocycles. The quantitative estimate of drug-likeness (QED) is 0.469. The van der Waals surface area contributed by atoms with E-state index in [4.69, 9.17) is 0 Å². The lowest BCUT2D eigenvalue weighted by molar-refractivity contribution is -0.297. The Bertz CT molecular complexity index is 417. The van der Waals surface area contributed by atoms with Gasteiger partial charge in [-0.1, -0.05) is 12.2 Å². The van der Waals surface area contributed by atoms with Crippen LogP contribution in [0.1, 0.15) is 6.42 Å². The molecule has 8 heteroatoms. The molecule has 0 saturated heterocycles. The zero-order chi connectivity index (χ0) is 13.8. The minimum Gasteiger partial charge on any atom is -0.232 e. The van der Waals surface area contributed by atoms with Crippen molar-refractivity contribution < 1.29 is 35.1 Å². The second-order valence-corrected chi connectivity index (χ2v) is 4.98. The summed E-state index contributed by atoms with van der Waals surface area (Å²) < 4.78 is 108. The number of hydrogen-bond acceptors (Lipinski definition) is 0. The number of hydrogen-bond donors (Lipinski definition) is 0. The summed E-state index contributed by atoms with van der Waals surface area (Å²) in [5, 5.41) is 0. The van der Waals surface area contributed by atoms with Crippen molar-refractivity contribution in [1.29, 1.82) is 0 Å². The van der Waals surface area contributed by atoms with E-state index in [2.05, 4.69) is 0 Å². The van der Waals surface area contributed by atoms with E-state index < -0.39 is 47.4 Å². The van der Waals surface area contributed by atoms with Crippen molar-refractivity contribution in [2.75, 3.05) is 0 Å². The van der Waals surface area contributed by atoms with Gasteiger partial charge in [-0.15, -0.1) is 0 Å². The minimum atomic E-state index is -6.05. The maximum Gasteiger partial charge on any atom is 0.378 e. The Morgan fingerprint density at radius 2 is 0.944 bits per heavy atom. The fourth-order valence-corrected chi connectivity index (χ4v) is 3.41. The van der Waals surface area contributed by atoms with Crippen LogP contribution in [-0.2, 0) is 0 Å². The molecule has 3 rings (SSSR count). The molecule has 0 amide bonds. The van der Waals surface area contributed by atoms with Gasteiger partial charge < -0.3 is 0 Å². The second-order valence-electron chi connectivity index (χ2n) is 4.98. The predicted octanol–water partition coefficient (Wildman–Crippen LogP) is 3.53. The van der Waals surface area contributed by atoms with E-state index in [0.717, 1.165) is 12.2 Å². The molecule has 0 aliphatic heterocycles. The lowest BCUT2D eigenvalue weighted by atomic mass is 9.78. The van der Waals surface area contributed by atoms with Gasteiger partial charge in [0.2, 0.25) is 11.3 Å². The van der Waals surface area contributed by atoms with Crippen molar-refractivity contribution in [3.63, 3.8) is 0 Å². The Morgan fingerprint density at radius 3 is 1.28 bits per heavy atom. The van der Waals surface area contributed by atoms with Gasteiger partial charge in [-0.3, -0.25) is 0 Å². The van der Waals surface area contributed by atoms with Crippen molar-refractivity contribution in [2.24, 2.45) is 11.8 Å². The number of halogens is 8. The maximum atomic E-state index is 14.2. The molecule has 0 spiro atoms. The highest BCUT2D eigenvalue weighted by atomic mass is 19.4. The Balaban J connectivity index is 2.35. The highest BCUT2D eigenvalue weighted by Crippen LogP contribution is 2.77. The summed E-state index contributed by atoms with van der Waals surface area (Å²) in [4.78, 5) is 0. The summed E-state index contributed by atoms with van der Waals surface area (Å²) in [7, 11) is 0. The Hall–Kier alpha value is -0.820. The van der Waals surface area contributed by atoms with Crippen LogP contribution in [0.5, 0.6) is 0 Å². The van der Waals surface area contributed by atoms with E-state index in [9.17, 15) is 35.1 Å². The predicted molar refractivity (Wildman–Crippen MR) is 43.3 cm³/mol. The molecule has 4 unspecified atom stereocenters. The first-order valence-corrected chi connectivity index (χ1v) is 5.16. The van der Waals surface area contributed by atoms with Crippen molar-refractivity contribution in [2.45, 2.75) is 35.5 Å². The van der Waals surface area contributed by atoms with Crippen LogP contribution < -0.4 is 0 Å². The molecule has 0 aromatic rings. The molecule has 18 heavy (non-hydrogen) atoms. The standard InChI is InChI=1S/C10H6F8/c11-6-4-1-2-5(3-4)7(6,12)9(15,16)10(17,18)8(6,13)14/h1-2,4-5H,3H2. The highest BCUT2D eigenvalue weighted by molar-refractivity contribution is 5.42. The van der Waals surface area contributed by atoms with Gasteiger partial charge in [0.05, 0.1) is 0 Å². The molecule has 2 bridgehead atoms. The van der Waals surface area contributed by atoms with E-state index in [1.165, 1.54) is 0 Å². The van der Waals surface area contributed by atoms with Crippen LogP contribution in [-0.4, -0.2) is 29.1 Å². The van der Waals surface area contributed by atoms with E-state index in [-0.39, 0.29) is 0 Å². The molecule has 0 N–H and O–H groups in total. The fraction of sp³-hybridized carbons (Fsp3) is 0.800. The lowest BCUT2D eigenvalue weighted by Crippen LogP contribution is -2.59. The molecule has 0 radical (unpaired) electrons. The van der Waals surface area contributed by atoms with Crippen molar-refractivity contribution in [3.05, 3.63) is 12.2 Å². The molecule has 102 valence electrons. The smallest absolute Gasteiger partial charge is 0.232 e. The summed E-state index contributed by atoms with van der Waals surface area (Å²) in [5.41, 5.74) is -9.13. The highest BCUT2D eigenvalue weighted by Gasteiger charge is 3.02. The molecule has 2 fully saturated rings. The van der Waals surface area contributed by atoms with Crippen LogP contribution in [0.15, 0.2) is 12.2 Å². The molecule has 3 aliphatic carbocycles. The van der Waals surface area contributed by atoms with Gasteiger partial charge in [-0.25, -0.2) is 8.78 Å². The third-order valence-corrected chi connectivity index (χ3v) is 4.34. The van der Waals surface area contributed by atoms with E-state index >= 15 is 0 Å². The zero-order valence-corrected chi connectivity index (χ0v) is 8.54. The summed E-state index contributed by atoms with van der Waals surface area (Å²) in [6.07, 6.45) is 0.899. The largest absolute Gasteiger partial charge is 0.378 e. The van der Waals surface area contributed by atoms with Crippen LogP contribution in [0.2, 0.25) is 0 Å². The Kier molecular flexibility index (Phi) is 1.74. The minimum absolute atomic E-state index is 0.645. The van der Waals surface area contributed by atoms with Crippen LogP contribution in [0.3, 0.4) is 0 Å². The normalized spacial score (nSPS) is 53.8. The SMILES string of the molecule is FC1(F)C(F)(F)C2(F)C3C=CC(C3)C2(F)C1(F)F. The van der Waals surface area contributed by atoms with E-state index in [0.29, 0.717) is 0 Å². The number of allylic oxidation sites excluding steroid dienone is 2. The summed E-state index contributed by atoms with van der Waals surface area (Å²) in [5.74, 6) is -21.5. The first kappa shape index (κ1) is 12.2. The molecule has 0 nitrogen and oxygen atoms in total. The summed E-state index contributed by atoms with van der Waals surface area (Å²) >= 11 is 0.